The predicted octanol–water partition coefficient (Wildman–Crippen LogP) is 1.13. The van der Waals surface area contributed by atoms with E-state index in [0.29, 0.717) is 11.4 Å². The van der Waals surface area contributed by atoms with E-state index in [2.05, 4.69) is 5.32 Å². The zero-order chi connectivity index (χ0) is 13.5. The Morgan fingerprint density at radius 2 is 2.00 bits per heavy atom. The molecule has 0 aliphatic rings. The largest absolute Gasteiger partial charge is 0.348 e. The summed E-state index contributed by atoms with van der Waals surface area (Å²) in [6.45, 7) is 0.157. The van der Waals surface area contributed by atoms with E-state index in [1.165, 1.54) is 4.90 Å². The van der Waals surface area contributed by atoms with Crippen LogP contribution in [0.3, 0.4) is 0 Å². The molecule has 1 N–H and O–H groups in total. The molecule has 1 atom stereocenters. The van der Waals surface area contributed by atoms with Crippen LogP contribution in [0.4, 0.5) is 0 Å². The van der Waals surface area contributed by atoms with Crippen molar-refractivity contribution in [3.05, 3.63) is 34.9 Å². The molecule has 0 saturated carbocycles. The normalized spacial score (nSPS) is 11.9. The first-order valence-corrected chi connectivity index (χ1v) is 6.04. The zero-order valence-corrected chi connectivity index (χ0v) is 11.3. The van der Waals surface area contributed by atoms with Crippen molar-refractivity contribution in [3.63, 3.8) is 0 Å². The third-order valence-electron chi connectivity index (χ3n) is 2.55. The number of likely N-dealkylation sites (N-methyl/N-ethyl adjacent to an activating group) is 1. The molecule has 1 aromatic carbocycles. The molecule has 98 valence electrons. The number of hydrogen-bond donors (Lipinski definition) is 1. The molecule has 0 aliphatic carbocycles. The van der Waals surface area contributed by atoms with E-state index in [1.54, 1.807) is 26.2 Å². The van der Waals surface area contributed by atoms with Crippen molar-refractivity contribution in [1.82, 2.24) is 10.2 Å². The lowest BCUT2D eigenvalue weighted by atomic mass is 10.1. The molecule has 0 saturated heterocycles. The number of benzene rings is 1. The molecule has 1 rings (SSSR count). The second-order valence-electron chi connectivity index (χ2n) is 4.24. The molecule has 0 aromatic heterocycles. The first-order valence-electron chi connectivity index (χ1n) is 5.66. The average Bonchev–Trinajstić information content (AvgIpc) is 2.36. The highest BCUT2D eigenvalue weighted by Crippen LogP contribution is 2.10. The Balaban J connectivity index is 2.49. The lowest BCUT2D eigenvalue weighted by Crippen LogP contribution is -2.40. The van der Waals surface area contributed by atoms with E-state index in [0.717, 1.165) is 11.8 Å². The van der Waals surface area contributed by atoms with Crippen LogP contribution in [0.1, 0.15) is 5.56 Å². The van der Waals surface area contributed by atoms with Crippen LogP contribution in [0.25, 0.3) is 0 Å². The number of rotatable bonds is 6. The molecule has 18 heavy (non-hydrogen) atoms. The summed E-state index contributed by atoms with van der Waals surface area (Å²) in [5.74, 6) is -0.0574. The molecule has 0 spiro atoms. The summed E-state index contributed by atoms with van der Waals surface area (Å²) in [6.07, 6.45) is 1.36. The van der Waals surface area contributed by atoms with Crippen LogP contribution in [0.2, 0.25) is 5.02 Å². The lowest BCUT2D eigenvalue weighted by molar-refractivity contribution is -0.127. The minimum atomic E-state index is -0.366. The second-order valence-corrected chi connectivity index (χ2v) is 4.68. The van der Waals surface area contributed by atoms with Gasteiger partial charge in [-0.3, -0.25) is 10.1 Å². The van der Waals surface area contributed by atoms with Gasteiger partial charge in [-0.1, -0.05) is 23.7 Å². The molecule has 0 radical (unpaired) electrons. The van der Waals surface area contributed by atoms with Crippen molar-refractivity contribution in [1.29, 1.82) is 0 Å². The van der Waals surface area contributed by atoms with Crippen LogP contribution >= 0.6 is 11.6 Å². The topological polar surface area (TPSA) is 49.4 Å². The molecular weight excluding hydrogens is 252 g/mol. The lowest BCUT2D eigenvalue weighted by Gasteiger charge is -2.15. The van der Waals surface area contributed by atoms with Gasteiger partial charge in [-0.15, -0.1) is 0 Å². The Hall–Kier alpha value is -1.39. The maximum Gasteiger partial charge on any atom is 0.236 e. The van der Waals surface area contributed by atoms with Crippen molar-refractivity contribution < 1.29 is 9.59 Å². The van der Waals surface area contributed by atoms with Gasteiger partial charge in [-0.25, -0.2) is 0 Å². The fourth-order valence-corrected chi connectivity index (χ4v) is 1.55. The van der Waals surface area contributed by atoms with Gasteiger partial charge in [0.1, 0.15) is 6.29 Å². The van der Waals surface area contributed by atoms with Gasteiger partial charge in [0, 0.05) is 19.1 Å². The summed E-state index contributed by atoms with van der Waals surface area (Å²) >= 11 is 5.78. The minimum Gasteiger partial charge on any atom is -0.348 e. The Bertz CT molecular complexity index is 404. The van der Waals surface area contributed by atoms with Crippen molar-refractivity contribution >= 4 is 23.8 Å². The first kappa shape index (κ1) is 14.7. The van der Waals surface area contributed by atoms with Crippen LogP contribution in [-0.4, -0.2) is 43.8 Å². The van der Waals surface area contributed by atoms with Gasteiger partial charge in [0.25, 0.3) is 0 Å². The highest BCUT2D eigenvalue weighted by molar-refractivity contribution is 6.30. The highest BCUT2D eigenvalue weighted by atomic mass is 35.5. The standard InChI is InChI=1S/C13H17ClN2O2/c1-16(2)13(18)8-15-12(9-17)7-10-3-5-11(14)6-4-10/h3-6,9,12,15H,7-8H2,1-2H3/t12-/m1/s1. The number of hydrogen-bond acceptors (Lipinski definition) is 3. The fraction of sp³-hybridized carbons (Fsp3) is 0.385. The van der Waals surface area contributed by atoms with Gasteiger partial charge in [-0.05, 0) is 24.1 Å². The Kier molecular flexibility index (Phi) is 5.82. The van der Waals surface area contributed by atoms with Crippen molar-refractivity contribution in [3.8, 4) is 0 Å². The SMILES string of the molecule is CN(C)C(=O)CN[C@@H](C=O)Cc1ccc(Cl)cc1. The smallest absolute Gasteiger partial charge is 0.236 e. The molecule has 5 heteroatoms. The monoisotopic (exact) mass is 268 g/mol. The number of halogens is 1. The van der Waals surface area contributed by atoms with Gasteiger partial charge in [0.05, 0.1) is 12.6 Å². The van der Waals surface area contributed by atoms with E-state index >= 15 is 0 Å². The quantitative estimate of drug-likeness (QED) is 0.787. The number of amides is 1. The molecular formula is C13H17ClN2O2. The maximum absolute atomic E-state index is 11.4. The Morgan fingerprint density at radius 1 is 1.39 bits per heavy atom. The number of aldehydes is 1. The van der Waals surface area contributed by atoms with Gasteiger partial charge >= 0.3 is 0 Å². The Morgan fingerprint density at radius 3 is 2.50 bits per heavy atom. The van der Waals surface area contributed by atoms with Crippen molar-refractivity contribution in [2.75, 3.05) is 20.6 Å². The minimum absolute atomic E-state index is 0.0574. The highest BCUT2D eigenvalue weighted by Gasteiger charge is 2.11. The van der Waals surface area contributed by atoms with Crippen molar-refractivity contribution in [2.24, 2.45) is 0 Å². The van der Waals surface area contributed by atoms with Crippen LogP contribution in [0.5, 0.6) is 0 Å². The molecule has 0 unspecified atom stereocenters. The number of nitrogens with one attached hydrogen (secondary N) is 1. The molecule has 4 nitrogen and oxygen atoms in total. The van der Waals surface area contributed by atoms with Crippen LogP contribution in [0.15, 0.2) is 24.3 Å². The number of carbonyl (C=O) groups excluding carboxylic acids is 2. The van der Waals surface area contributed by atoms with Crippen LogP contribution in [-0.2, 0) is 16.0 Å². The molecule has 0 heterocycles. The summed E-state index contributed by atoms with van der Waals surface area (Å²) in [4.78, 5) is 23.8. The molecule has 1 aromatic rings. The van der Waals surface area contributed by atoms with Crippen LogP contribution in [0, 0.1) is 0 Å². The van der Waals surface area contributed by atoms with E-state index in [-0.39, 0.29) is 18.5 Å². The molecule has 0 bridgehead atoms. The number of carbonyl (C=O) groups is 2. The fourth-order valence-electron chi connectivity index (χ4n) is 1.42. The summed E-state index contributed by atoms with van der Waals surface area (Å²) < 4.78 is 0. The number of nitrogens with zero attached hydrogens (tertiary/aromatic N) is 1. The van der Waals surface area contributed by atoms with E-state index in [4.69, 9.17) is 11.6 Å². The van der Waals surface area contributed by atoms with Gasteiger partial charge in [-0.2, -0.15) is 0 Å². The summed E-state index contributed by atoms with van der Waals surface area (Å²) in [7, 11) is 3.36. The van der Waals surface area contributed by atoms with E-state index in [1.807, 2.05) is 12.1 Å². The maximum atomic E-state index is 11.4. The summed E-state index contributed by atoms with van der Waals surface area (Å²) in [5, 5.41) is 3.59. The second kappa shape index (κ2) is 7.13. The third-order valence-corrected chi connectivity index (χ3v) is 2.80. The third kappa shape index (κ3) is 4.85. The van der Waals surface area contributed by atoms with Gasteiger partial charge in [0.15, 0.2) is 0 Å². The van der Waals surface area contributed by atoms with Crippen LogP contribution < -0.4 is 5.32 Å². The van der Waals surface area contributed by atoms with E-state index in [9.17, 15) is 9.59 Å². The summed E-state index contributed by atoms with van der Waals surface area (Å²) in [5.41, 5.74) is 1.00. The average molecular weight is 269 g/mol. The van der Waals surface area contributed by atoms with Gasteiger partial charge in [0.2, 0.25) is 5.91 Å². The first-order chi connectivity index (χ1) is 8.52. The molecule has 0 fully saturated rings. The zero-order valence-electron chi connectivity index (χ0n) is 10.5. The molecule has 0 aliphatic heterocycles. The predicted molar refractivity (Wildman–Crippen MR) is 71.7 cm³/mol. The Labute approximate surface area is 112 Å². The molecule has 1 amide bonds. The summed E-state index contributed by atoms with van der Waals surface area (Å²) in [6, 6.07) is 6.94. The van der Waals surface area contributed by atoms with E-state index < -0.39 is 0 Å². The van der Waals surface area contributed by atoms with Gasteiger partial charge < -0.3 is 9.69 Å². The van der Waals surface area contributed by atoms with Crippen molar-refractivity contribution in [2.45, 2.75) is 12.5 Å².